The van der Waals surface area contributed by atoms with Gasteiger partial charge in [0.05, 0.1) is 10.7 Å². The molecular weight excluding hydrogens is 226 g/mol. The van der Waals surface area contributed by atoms with Gasteiger partial charge < -0.3 is 0 Å². The molecular formula is C15H23NS. The first kappa shape index (κ1) is 11.7. The molecule has 1 heterocycles. The molecule has 0 spiro atoms. The zero-order valence-corrected chi connectivity index (χ0v) is 11.9. The number of aryl methyl sites for hydroxylation is 1. The third kappa shape index (κ3) is 2.42. The van der Waals surface area contributed by atoms with E-state index in [2.05, 4.69) is 13.8 Å². The number of nitrogens with zero attached hydrogens (tertiary/aromatic N) is 1. The minimum Gasteiger partial charge on any atom is -0.246 e. The number of thiazole rings is 1. The van der Waals surface area contributed by atoms with Crippen LogP contribution in [-0.2, 0) is 6.42 Å². The van der Waals surface area contributed by atoms with Crippen LogP contribution in [0.4, 0.5) is 0 Å². The monoisotopic (exact) mass is 249 g/mol. The van der Waals surface area contributed by atoms with Crippen LogP contribution in [-0.4, -0.2) is 4.98 Å². The van der Waals surface area contributed by atoms with Crippen LogP contribution in [0.3, 0.4) is 0 Å². The van der Waals surface area contributed by atoms with E-state index in [1.54, 1.807) is 4.88 Å². The van der Waals surface area contributed by atoms with E-state index in [-0.39, 0.29) is 0 Å². The molecule has 1 nitrogen and oxygen atoms in total. The molecule has 2 bridgehead atoms. The van der Waals surface area contributed by atoms with E-state index >= 15 is 0 Å². The number of aromatic nitrogens is 1. The highest BCUT2D eigenvalue weighted by molar-refractivity contribution is 7.11. The summed E-state index contributed by atoms with van der Waals surface area (Å²) in [6.45, 7) is 4.64. The summed E-state index contributed by atoms with van der Waals surface area (Å²) in [6, 6.07) is 0. The summed E-state index contributed by atoms with van der Waals surface area (Å²) >= 11 is 1.98. The highest BCUT2D eigenvalue weighted by Gasteiger charge is 2.29. The molecule has 1 aromatic rings. The standard InChI is InChI=1S/C15H23NS/c1-10-7-12-5-3-4-6-13(8-10)15-14(9-12)16-11(2)17-15/h10,12-13H,3-9H2,1-2H3/t10-,12?,13?/m1/s1. The Bertz CT molecular complexity index is 396. The average Bonchev–Trinajstić information content (AvgIpc) is 2.65. The first-order valence-electron chi connectivity index (χ1n) is 7.18. The second kappa shape index (κ2) is 4.72. The predicted molar refractivity (Wildman–Crippen MR) is 73.7 cm³/mol. The van der Waals surface area contributed by atoms with Crippen molar-refractivity contribution in [3.63, 3.8) is 0 Å². The highest BCUT2D eigenvalue weighted by atomic mass is 32.1. The third-order valence-electron chi connectivity index (χ3n) is 4.52. The first-order chi connectivity index (χ1) is 8.22. The summed E-state index contributed by atoms with van der Waals surface area (Å²) in [5.74, 6) is 2.65. The van der Waals surface area contributed by atoms with E-state index in [4.69, 9.17) is 4.98 Å². The molecule has 1 fully saturated rings. The van der Waals surface area contributed by atoms with Crippen LogP contribution in [0.15, 0.2) is 0 Å². The Morgan fingerprint density at radius 3 is 2.88 bits per heavy atom. The van der Waals surface area contributed by atoms with Gasteiger partial charge in [-0.1, -0.05) is 26.2 Å². The summed E-state index contributed by atoms with van der Waals surface area (Å²) in [6.07, 6.45) is 9.84. The van der Waals surface area contributed by atoms with Gasteiger partial charge >= 0.3 is 0 Å². The lowest BCUT2D eigenvalue weighted by Crippen LogP contribution is -2.15. The lowest BCUT2D eigenvalue weighted by molar-refractivity contribution is 0.335. The van der Waals surface area contributed by atoms with E-state index in [1.165, 1.54) is 55.6 Å². The van der Waals surface area contributed by atoms with Gasteiger partial charge in [0.1, 0.15) is 0 Å². The second-order valence-corrected chi connectivity index (χ2v) is 7.41. The zero-order valence-electron chi connectivity index (χ0n) is 11.0. The largest absolute Gasteiger partial charge is 0.246 e. The van der Waals surface area contributed by atoms with Crippen LogP contribution in [0.25, 0.3) is 0 Å². The molecule has 0 aliphatic heterocycles. The number of fused-ring (bicyclic) bond motifs is 5. The first-order valence-corrected chi connectivity index (χ1v) is 8.00. The molecule has 1 saturated carbocycles. The van der Waals surface area contributed by atoms with Gasteiger partial charge in [-0.15, -0.1) is 11.3 Å². The molecule has 0 amide bonds. The van der Waals surface area contributed by atoms with Gasteiger partial charge in [0, 0.05) is 4.88 Å². The maximum atomic E-state index is 4.82. The van der Waals surface area contributed by atoms with Gasteiger partial charge in [0.25, 0.3) is 0 Å². The van der Waals surface area contributed by atoms with Crippen molar-refractivity contribution in [3.8, 4) is 0 Å². The SMILES string of the molecule is Cc1nc2c(s1)C1CCCCC(C2)C[C@@H](C)C1. The molecule has 94 valence electrons. The molecule has 3 aliphatic rings. The Hall–Kier alpha value is -0.370. The average molecular weight is 249 g/mol. The summed E-state index contributed by atoms with van der Waals surface area (Å²) < 4.78 is 0. The van der Waals surface area contributed by atoms with E-state index in [9.17, 15) is 0 Å². The van der Waals surface area contributed by atoms with Gasteiger partial charge in [0.15, 0.2) is 0 Å². The van der Waals surface area contributed by atoms with Crippen LogP contribution in [0.1, 0.15) is 66.9 Å². The smallest absolute Gasteiger partial charge is 0.0900 e. The molecule has 0 radical (unpaired) electrons. The van der Waals surface area contributed by atoms with Crippen LogP contribution in [0, 0.1) is 18.8 Å². The van der Waals surface area contributed by atoms with Crippen molar-refractivity contribution in [2.24, 2.45) is 11.8 Å². The minimum atomic E-state index is 0.824. The highest BCUT2D eigenvalue weighted by Crippen LogP contribution is 2.42. The lowest BCUT2D eigenvalue weighted by Gasteiger charge is -2.26. The van der Waals surface area contributed by atoms with E-state index in [0.29, 0.717) is 0 Å². The van der Waals surface area contributed by atoms with Crippen LogP contribution >= 0.6 is 11.3 Å². The lowest BCUT2D eigenvalue weighted by atomic mass is 9.81. The topological polar surface area (TPSA) is 12.9 Å². The molecule has 17 heavy (non-hydrogen) atoms. The number of hydrogen-bond donors (Lipinski definition) is 0. The molecule has 1 aromatic heterocycles. The second-order valence-electron chi connectivity index (χ2n) is 6.17. The Balaban J connectivity index is 2.01. The van der Waals surface area contributed by atoms with Crippen molar-refractivity contribution >= 4 is 11.3 Å². The maximum Gasteiger partial charge on any atom is 0.0900 e. The van der Waals surface area contributed by atoms with Gasteiger partial charge in [-0.05, 0) is 50.4 Å². The molecule has 2 unspecified atom stereocenters. The Morgan fingerprint density at radius 1 is 1.18 bits per heavy atom. The van der Waals surface area contributed by atoms with E-state index < -0.39 is 0 Å². The number of hydrogen-bond acceptors (Lipinski definition) is 2. The molecule has 3 atom stereocenters. The molecule has 0 N–H and O–H groups in total. The van der Waals surface area contributed by atoms with Crippen LogP contribution < -0.4 is 0 Å². The molecule has 2 heteroatoms. The summed E-state index contributed by atoms with van der Waals surface area (Å²) in [4.78, 5) is 6.47. The number of rotatable bonds is 0. The van der Waals surface area contributed by atoms with E-state index in [1.807, 2.05) is 11.3 Å². The van der Waals surface area contributed by atoms with Crippen LogP contribution in [0.5, 0.6) is 0 Å². The normalized spacial score (nSPS) is 33.4. The molecule has 3 aliphatic carbocycles. The zero-order chi connectivity index (χ0) is 11.8. The maximum absolute atomic E-state index is 4.82. The Morgan fingerprint density at radius 2 is 2.00 bits per heavy atom. The summed E-state index contributed by atoms with van der Waals surface area (Å²) in [5, 5.41) is 1.29. The third-order valence-corrected chi connectivity index (χ3v) is 5.70. The Labute approximate surface area is 109 Å². The summed E-state index contributed by atoms with van der Waals surface area (Å²) in [7, 11) is 0. The van der Waals surface area contributed by atoms with Crippen molar-refractivity contribution in [1.82, 2.24) is 4.98 Å². The molecule has 4 rings (SSSR count). The van der Waals surface area contributed by atoms with E-state index in [0.717, 1.165) is 17.8 Å². The van der Waals surface area contributed by atoms with Crippen LogP contribution in [0.2, 0.25) is 0 Å². The predicted octanol–water partition coefficient (Wildman–Crippen LogP) is 4.70. The fraction of sp³-hybridized carbons (Fsp3) is 0.800. The van der Waals surface area contributed by atoms with Gasteiger partial charge in [0.2, 0.25) is 0 Å². The van der Waals surface area contributed by atoms with Crippen molar-refractivity contribution < 1.29 is 0 Å². The Kier molecular flexibility index (Phi) is 3.25. The fourth-order valence-electron chi connectivity index (χ4n) is 3.86. The van der Waals surface area contributed by atoms with Gasteiger partial charge in [-0.25, -0.2) is 4.98 Å². The quantitative estimate of drug-likeness (QED) is 0.649. The van der Waals surface area contributed by atoms with Crippen molar-refractivity contribution in [2.45, 2.75) is 64.7 Å². The molecule has 0 aromatic carbocycles. The van der Waals surface area contributed by atoms with Gasteiger partial charge in [-0.2, -0.15) is 0 Å². The van der Waals surface area contributed by atoms with Crippen molar-refractivity contribution in [2.75, 3.05) is 0 Å². The fourth-order valence-corrected chi connectivity index (χ4v) is 4.96. The minimum absolute atomic E-state index is 0.824. The molecule has 0 saturated heterocycles. The summed E-state index contributed by atoms with van der Waals surface area (Å²) in [5.41, 5.74) is 1.47. The van der Waals surface area contributed by atoms with Crippen molar-refractivity contribution in [1.29, 1.82) is 0 Å². The van der Waals surface area contributed by atoms with Crippen molar-refractivity contribution in [3.05, 3.63) is 15.6 Å². The van der Waals surface area contributed by atoms with Gasteiger partial charge in [-0.3, -0.25) is 0 Å².